The number of anilines is 1. The van der Waals surface area contributed by atoms with E-state index in [1.807, 2.05) is 32.0 Å². The molecule has 0 heterocycles. The van der Waals surface area contributed by atoms with Crippen molar-refractivity contribution in [3.63, 3.8) is 0 Å². The second-order valence-corrected chi connectivity index (χ2v) is 5.10. The summed E-state index contributed by atoms with van der Waals surface area (Å²) in [7, 11) is 0. The molecule has 1 saturated carbocycles. The van der Waals surface area contributed by atoms with Crippen molar-refractivity contribution in [1.82, 2.24) is 0 Å². The van der Waals surface area contributed by atoms with Crippen molar-refractivity contribution >= 4 is 11.6 Å². The highest BCUT2D eigenvalue weighted by Crippen LogP contribution is 2.27. The van der Waals surface area contributed by atoms with Crippen LogP contribution >= 0.6 is 0 Å². The van der Waals surface area contributed by atoms with E-state index in [1.54, 1.807) is 0 Å². The number of nitrogens with two attached hydrogens (primary N) is 1. The van der Waals surface area contributed by atoms with Gasteiger partial charge in [0.1, 0.15) is 5.75 Å². The van der Waals surface area contributed by atoms with Crippen LogP contribution in [0.15, 0.2) is 18.2 Å². The molecular formula is C15H22N2O2. The molecule has 1 aromatic carbocycles. The maximum Gasteiger partial charge on any atom is 0.229 e. The summed E-state index contributed by atoms with van der Waals surface area (Å²) in [6.45, 7) is 4.56. The van der Waals surface area contributed by atoms with Crippen LogP contribution in [0.1, 0.15) is 31.7 Å². The molecule has 0 aliphatic heterocycles. The van der Waals surface area contributed by atoms with E-state index < -0.39 is 0 Å². The Hall–Kier alpha value is -1.55. The molecule has 2 atom stereocenters. The van der Waals surface area contributed by atoms with Gasteiger partial charge in [-0.05, 0) is 50.5 Å². The van der Waals surface area contributed by atoms with Crippen LogP contribution in [0.25, 0.3) is 0 Å². The van der Waals surface area contributed by atoms with Gasteiger partial charge in [0.15, 0.2) is 0 Å². The number of hydrogen-bond donors (Lipinski definition) is 2. The average molecular weight is 262 g/mol. The lowest BCUT2D eigenvalue weighted by atomic mass is 10.0. The van der Waals surface area contributed by atoms with Gasteiger partial charge >= 0.3 is 0 Å². The molecule has 0 radical (unpaired) electrons. The lowest BCUT2D eigenvalue weighted by Gasteiger charge is -2.16. The molecule has 4 heteroatoms. The fourth-order valence-electron chi connectivity index (χ4n) is 2.57. The summed E-state index contributed by atoms with van der Waals surface area (Å²) in [5.41, 5.74) is 7.80. The Labute approximate surface area is 114 Å². The zero-order valence-corrected chi connectivity index (χ0v) is 11.6. The molecule has 1 aliphatic carbocycles. The number of rotatable bonds is 4. The lowest BCUT2D eigenvalue weighted by Crippen LogP contribution is -2.34. The molecule has 1 amide bonds. The Morgan fingerprint density at radius 3 is 2.84 bits per heavy atom. The fraction of sp³-hybridized carbons (Fsp3) is 0.533. The van der Waals surface area contributed by atoms with E-state index >= 15 is 0 Å². The smallest absolute Gasteiger partial charge is 0.229 e. The van der Waals surface area contributed by atoms with E-state index in [0.29, 0.717) is 6.61 Å². The summed E-state index contributed by atoms with van der Waals surface area (Å²) in [4.78, 5) is 12.2. The van der Waals surface area contributed by atoms with Crippen LogP contribution in [0.5, 0.6) is 5.75 Å². The van der Waals surface area contributed by atoms with E-state index in [1.165, 1.54) is 0 Å². The van der Waals surface area contributed by atoms with Gasteiger partial charge in [-0.15, -0.1) is 0 Å². The predicted molar refractivity (Wildman–Crippen MR) is 76.3 cm³/mol. The standard InChI is InChI=1S/C15H22N2O2/c1-3-19-11-7-8-14(10(2)9-11)17-15(18)12-5-4-6-13(12)16/h7-9,12-13H,3-6,16H2,1-2H3,(H,17,18). The van der Waals surface area contributed by atoms with Crippen LogP contribution in [-0.2, 0) is 4.79 Å². The number of aryl methyl sites for hydroxylation is 1. The molecule has 1 aliphatic rings. The Morgan fingerprint density at radius 1 is 1.47 bits per heavy atom. The van der Waals surface area contributed by atoms with Gasteiger partial charge in [0.25, 0.3) is 0 Å². The summed E-state index contributed by atoms with van der Waals surface area (Å²) < 4.78 is 5.43. The largest absolute Gasteiger partial charge is 0.494 e. The fourth-order valence-corrected chi connectivity index (χ4v) is 2.57. The van der Waals surface area contributed by atoms with Crippen LogP contribution in [0.2, 0.25) is 0 Å². The zero-order chi connectivity index (χ0) is 13.8. The van der Waals surface area contributed by atoms with Crippen molar-refractivity contribution in [3.05, 3.63) is 23.8 Å². The van der Waals surface area contributed by atoms with Crippen molar-refractivity contribution in [2.45, 2.75) is 39.2 Å². The van der Waals surface area contributed by atoms with E-state index in [0.717, 1.165) is 36.3 Å². The number of hydrogen-bond acceptors (Lipinski definition) is 3. The van der Waals surface area contributed by atoms with Gasteiger partial charge in [0.2, 0.25) is 5.91 Å². The highest BCUT2D eigenvalue weighted by molar-refractivity contribution is 5.94. The molecule has 4 nitrogen and oxygen atoms in total. The summed E-state index contributed by atoms with van der Waals surface area (Å²) >= 11 is 0. The first-order valence-corrected chi connectivity index (χ1v) is 6.91. The molecule has 0 saturated heterocycles. The number of carbonyl (C=O) groups excluding carboxylic acids is 1. The summed E-state index contributed by atoms with van der Waals surface area (Å²) in [5.74, 6) is 0.818. The third kappa shape index (κ3) is 3.26. The second-order valence-electron chi connectivity index (χ2n) is 5.10. The number of benzene rings is 1. The van der Waals surface area contributed by atoms with Crippen molar-refractivity contribution in [1.29, 1.82) is 0 Å². The summed E-state index contributed by atoms with van der Waals surface area (Å²) in [6, 6.07) is 5.70. The first kappa shape index (κ1) is 13.9. The minimum Gasteiger partial charge on any atom is -0.494 e. The third-order valence-electron chi connectivity index (χ3n) is 3.67. The van der Waals surface area contributed by atoms with Gasteiger partial charge in [-0.2, -0.15) is 0 Å². The Balaban J connectivity index is 2.04. The first-order valence-electron chi connectivity index (χ1n) is 6.91. The van der Waals surface area contributed by atoms with E-state index in [9.17, 15) is 4.79 Å². The molecule has 3 N–H and O–H groups in total. The first-order chi connectivity index (χ1) is 9.11. The molecule has 1 aromatic rings. The molecule has 2 unspecified atom stereocenters. The van der Waals surface area contributed by atoms with Crippen molar-refractivity contribution in [3.8, 4) is 5.75 Å². The van der Waals surface area contributed by atoms with Crippen LogP contribution in [0.3, 0.4) is 0 Å². The molecule has 2 rings (SSSR count). The molecule has 0 spiro atoms. The van der Waals surface area contributed by atoms with Crippen LogP contribution in [-0.4, -0.2) is 18.6 Å². The molecule has 0 bridgehead atoms. The van der Waals surface area contributed by atoms with Crippen molar-refractivity contribution < 1.29 is 9.53 Å². The summed E-state index contributed by atoms with van der Waals surface area (Å²) in [5, 5.41) is 2.98. The van der Waals surface area contributed by atoms with E-state index in [4.69, 9.17) is 10.5 Å². The van der Waals surface area contributed by atoms with Crippen molar-refractivity contribution in [2.24, 2.45) is 11.7 Å². The Bertz CT molecular complexity index is 459. The topological polar surface area (TPSA) is 64.3 Å². The normalized spacial score (nSPS) is 22.3. The quantitative estimate of drug-likeness (QED) is 0.876. The number of amides is 1. The Kier molecular flexibility index (Phi) is 4.43. The van der Waals surface area contributed by atoms with E-state index in [-0.39, 0.29) is 17.9 Å². The maximum absolute atomic E-state index is 12.2. The molecule has 19 heavy (non-hydrogen) atoms. The molecule has 1 fully saturated rings. The maximum atomic E-state index is 12.2. The monoisotopic (exact) mass is 262 g/mol. The van der Waals surface area contributed by atoms with E-state index in [2.05, 4.69) is 5.32 Å². The van der Waals surface area contributed by atoms with Crippen LogP contribution < -0.4 is 15.8 Å². The van der Waals surface area contributed by atoms with Gasteiger partial charge in [-0.25, -0.2) is 0 Å². The number of ether oxygens (including phenoxy) is 1. The second kappa shape index (κ2) is 6.06. The van der Waals surface area contributed by atoms with Crippen LogP contribution in [0, 0.1) is 12.8 Å². The zero-order valence-electron chi connectivity index (χ0n) is 11.6. The minimum absolute atomic E-state index is 0.00278. The van der Waals surface area contributed by atoms with Gasteiger partial charge < -0.3 is 15.8 Å². The highest BCUT2D eigenvalue weighted by atomic mass is 16.5. The number of carbonyl (C=O) groups is 1. The molecular weight excluding hydrogens is 240 g/mol. The van der Waals surface area contributed by atoms with Gasteiger partial charge in [-0.1, -0.05) is 6.42 Å². The highest BCUT2D eigenvalue weighted by Gasteiger charge is 2.30. The SMILES string of the molecule is CCOc1ccc(NC(=O)C2CCCC2N)c(C)c1. The summed E-state index contributed by atoms with van der Waals surface area (Å²) in [6.07, 6.45) is 2.88. The number of nitrogens with one attached hydrogen (secondary N) is 1. The average Bonchev–Trinajstić information content (AvgIpc) is 2.79. The van der Waals surface area contributed by atoms with Gasteiger partial charge in [0, 0.05) is 11.7 Å². The van der Waals surface area contributed by atoms with Gasteiger partial charge in [0.05, 0.1) is 12.5 Å². The van der Waals surface area contributed by atoms with Gasteiger partial charge in [-0.3, -0.25) is 4.79 Å². The molecule has 104 valence electrons. The lowest BCUT2D eigenvalue weighted by molar-refractivity contribution is -0.120. The minimum atomic E-state index is -0.0500. The third-order valence-corrected chi connectivity index (χ3v) is 3.67. The van der Waals surface area contributed by atoms with Crippen molar-refractivity contribution in [2.75, 3.05) is 11.9 Å². The molecule has 0 aromatic heterocycles. The Morgan fingerprint density at radius 2 is 2.26 bits per heavy atom. The predicted octanol–water partition coefficient (Wildman–Crippen LogP) is 2.46. The van der Waals surface area contributed by atoms with Crippen LogP contribution in [0.4, 0.5) is 5.69 Å².